The molecule has 0 aliphatic heterocycles. The van der Waals surface area contributed by atoms with Crippen LogP contribution in [0.4, 0.5) is 0 Å². The maximum Gasteiger partial charge on any atom is 0.146 e. The molecule has 0 aliphatic rings. The maximum atomic E-state index is 11.2. The van der Waals surface area contributed by atoms with Gasteiger partial charge in [0.05, 0.1) is 0 Å². The number of hydrogen-bond donors (Lipinski definition) is 6. The molecule has 14 heteroatoms. The van der Waals surface area contributed by atoms with Crippen molar-refractivity contribution in [3.8, 4) is 22.9 Å². The molecule has 2 N–H and O–H groups in total. The third-order valence-corrected chi connectivity index (χ3v) is 7.98. The van der Waals surface area contributed by atoms with Crippen LogP contribution in [-0.4, -0.2) is 55.9 Å². The zero-order chi connectivity index (χ0) is 27.6. The van der Waals surface area contributed by atoms with E-state index < -0.39 is 0 Å². The van der Waals surface area contributed by atoms with Gasteiger partial charge in [0.25, 0.3) is 0 Å². The van der Waals surface area contributed by atoms with Crippen molar-refractivity contribution < 1.29 is 10.2 Å². The first kappa shape index (κ1) is 26.1. The summed E-state index contributed by atoms with van der Waals surface area (Å²) in [4.78, 5) is 5.21. The van der Waals surface area contributed by atoms with Crippen LogP contribution in [0.2, 0.25) is 0 Å². The Kier molecular flexibility index (Phi) is 6.53. The van der Waals surface area contributed by atoms with Crippen molar-refractivity contribution in [3.05, 3.63) is 59.7 Å². The zero-order valence-electron chi connectivity index (χ0n) is 19.8. The predicted molar refractivity (Wildman–Crippen MR) is 164 cm³/mol. The van der Waals surface area contributed by atoms with Gasteiger partial charge >= 0.3 is 0 Å². The SMILES string of the molecule is [B]c1cc(Cc2cc([B])cc(-n3nc4cc(S)c(S)cc4n3)c2O)c(O)c(-n2nc3cc(S)c(S)cc3n2)c1. The molecule has 6 rings (SSSR count). The lowest BCUT2D eigenvalue weighted by molar-refractivity contribution is 0.456. The van der Waals surface area contributed by atoms with E-state index in [1.54, 1.807) is 48.5 Å². The summed E-state index contributed by atoms with van der Waals surface area (Å²) in [6, 6.07) is 13.3. The first-order chi connectivity index (χ1) is 18.6. The molecule has 0 bridgehead atoms. The monoisotopic (exact) mass is 582 g/mol. The second kappa shape index (κ2) is 9.77. The van der Waals surface area contributed by atoms with Gasteiger partial charge in [-0.3, -0.25) is 0 Å². The van der Waals surface area contributed by atoms with E-state index in [-0.39, 0.29) is 29.3 Å². The van der Waals surface area contributed by atoms with Crippen LogP contribution in [0.5, 0.6) is 11.5 Å². The maximum absolute atomic E-state index is 11.2. The van der Waals surface area contributed by atoms with Crippen molar-refractivity contribution in [2.24, 2.45) is 0 Å². The van der Waals surface area contributed by atoms with Crippen LogP contribution in [0, 0.1) is 0 Å². The van der Waals surface area contributed by atoms with Crippen molar-refractivity contribution >= 4 is 99.2 Å². The number of nitrogens with zero attached hydrogens (tertiary/aromatic N) is 6. The Balaban J connectivity index is 1.42. The third kappa shape index (κ3) is 4.75. The Morgan fingerprint density at radius 3 is 1.15 bits per heavy atom. The van der Waals surface area contributed by atoms with Gasteiger partial charge in [-0.25, -0.2) is 0 Å². The molecule has 4 aromatic carbocycles. The molecule has 0 saturated carbocycles. The Morgan fingerprint density at radius 1 is 0.538 bits per heavy atom. The number of phenols is 2. The number of benzene rings is 4. The van der Waals surface area contributed by atoms with Crippen molar-refractivity contribution in [2.75, 3.05) is 0 Å². The molecule has 0 atom stereocenters. The summed E-state index contributed by atoms with van der Waals surface area (Å²) in [5, 5.41) is 40.3. The molecule has 0 fully saturated rings. The highest BCUT2D eigenvalue weighted by Gasteiger charge is 2.19. The molecule has 0 aliphatic carbocycles. The normalized spacial score (nSPS) is 11.6. The first-order valence-corrected chi connectivity index (χ1v) is 13.2. The zero-order valence-corrected chi connectivity index (χ0v) is 23.4. The second-order valence-electron chi connectivity index (χ2n) is 8.91. The molecule has 0 saturated heterocycles. The van der Waals surface area contributed by atoms with E-state index in [0.717, 1.165) is 0 Å². The van der Waals surface area contributed by atoms with Crippen LogP contribution in [0.25, 0.3) is 33.4 Å². The number of thiol groups is 4. The minimum atomic E-state index is -0.101. The molecule has 188 valence electrons. The summed E-state index contributed by atoms with van der Waals surface area (Å²) in [6.45, 7) is 0. The number of fused-ring (bicyclic) bond motifs is 2. The molecule has 0 unspecified atom stereocenters. The van der Waals surface area contributed by atoms with Crippen molar-refractivity contribution in [1.82, 2.24) is 30.0 Å². The molecular weight excluding hydrogens is 566 g/mol. The summed E-state index contributed by atoms with van der Waals surface area (Å²) < 4.78 is 0. The lowest BCUT2D eigenvalue weighted by atomic mass is 9.88. The van der Waals surface area contributed by atoms with Crippen LogP contribution >= 0.6 is 50.5 Å². The molecule has 0 spiro atoms. The van der Waals surface area contributed by atoms with Gasteiger partial charge in [0.2, 0.25) is 0 Å². The van der Waals surface area contributed by atoms with Gasteiger partial charge in [-0.1, -0.05) is 23.1 Å². The first-order valence-electron chi connectivity index (χ1n) is 11.4. The lowest BCUT2D eigenvalue weighted by Gasteiger charge is -2.14. The fraction of sp³-hybridized carbons (Fsp3) is 0.0400. The lowest BCUT2D eigenvalue weighted by Crippen LogP contribution is -2.12. The number of phenolic OH excluding ortho intramolecular Hbond substituents is 2. The van der Waals surface area contributed by atoms with Crippen molar-refractivity contribution in [1.29, 1.82) is 0 Å². The number of aromatic hydroxyl groups is 2. The molecule has 6 aromatic rings. The van der Waals surface area contributed by atoms with E-state index in [9.17, 15) is 10.2 Å². The third-order valence-electron chi connectivity index (χ3n) is 6.15. The smallest absolute Gasteiger partial charge is 0.146 e. The van der Waals surface area contributed by atoms with E-state index in [0.29, 0.717) is 63.7 Å². The molecule has 4 radical (unpaired) electrons. The van der Waals surface area contributed by atoms with E-state index in [4.69, 9.17) is 15.7 Å². The topological polar surface area (TPSA) is 102 Å². The van der Waals surface area contributed by atoms with Crippen molar-refractivity contribution in [2.45, 2.75) is 26.0 Å². The molecule has 8 nitrogen and oxygen atoms in total. The van der Waals surface area contributed by atoms with Gasteiger partial charge < -0.3 is 10.2 Å². The average Bonchev–Trinajstić information content (AvgIpc) is 3.47. The molecule has 2 heterocycles. The second-order valence-corrected chi connectivity index (χ2v) is 10.8. The van der Waals surface area contributed by atoms with Crippen molar-refractivity contribution in [3.63, 3.8) is 0 Å². The average molecular weight is 582 g/mol. The van der Waals surface area contributed by atoms with Gasteiger partial charge in [-0.15, -0.1) is 80.5 Å². The summed E-state index contributed by atoms with van der Waals surface area (Å²) in [7, 11) is 12.4. The standard InChI is InChI=1S/C25H16B2N6O2S4/c26-12-2-10(24(34)18(4-12)32-28-14-6-20(36)21(37)7-15(14)29-32)1-11-3-13(27)5-19(25(11)35)33-30-16-8-22(38)23(39)9-17(16)31-33/h2-9,34-39H,1H2. The van der Waals surface area contributed by atoms with Crippen LogP contribution in [0.15, 0.2) is 68.1 Å². The van der Waals surface area contributed by atoms with Crippen LogP contribution in [-0.2, 0) is 6.42 Å². The predicted octanol–water partition coefficient (Wildman–Crippen LogP) is 2.90. The Hall–Kier alpha value is -3.19. The molecule has 2 aromatic heterocycles. The molecule has 39 heavy (non-hydrogen) atoms. The van der Waals surface area contributed by atoms with Gasteiger partial charge in [0, 0.05) is 37.1 Å². The van der Waals surface area contributed by atoms with Crippen LogP contribution in [0.3, 0.4) is 0 Å². The Labute approximate surface area is 246 Å². The molecular formula is C25H16B2N6O2S4. The highest BCUT2D eigenvalue weighted by atomic mass is 32.1. The quantitative estimate of drug-likeness (QED) is 0.141. The van der Waals surface area contributed by atoms with Crippen LogP contribution in [0.1, 0.15) is 11.1 Å². The summed E-state index contributed by atoms with van der Waals surface area (Å²) in [5.41, 5.74) is 4.47. The number of hydrogen-bond acceptors (Lipinski definition) is 10. The van der Waals surface area contributed by atoms with Gasteiger partial charge in [0.1, 0.15) is 60.6 Å². The number of rotatable bonds is 4. The fourth-order valence-electron chi connectivity index (χ4n) is 4.28. The van der Waals surface area contributed by atoms with E-state index in [1.807, 2.05) is 0 Å². The van der Waals surface area contributed by atoms with E-state index in [2.05, 4.69) is 70.9 Å². The summed E-state index contributed by atoms with van der Waals surface area (Å²) in [6.07, 6.45) is 0.0957. The minimum Gasteiger partial charge on any atom is -0.505 e. The van der Waals surface area contributed by atoms with Crippen LogP contribution < -0.4 is 10.9 Å². The van der Waals surface area contributed by atoms with E-state index in [1.165, 1.54) is 9.59 Å². The Morgan fingerprint density at radius 2 is 0.846 bits per heavy atom. The highest BCUT2D eigenvalue weighted by molar-refractivity contribution is 7.84. The Bertz CT molecular complexity index is 1740. The fourth-order valence-corrected chi connectivity index (χ4v) is 5.03. The largest absolute Gasteiger partial charge is 0.505 e. The van der Waals surface area contributed by atoms with Gasteiger partial charge in [-0.05, 0) is 36.4 Å². The summed E-state index contributed by atoms with van der Waals surface area (Å²) in [5.74, 6) is -0.203. The number of aromatic nitrogens is 6. The van der Waals surface area contributed by atoms with Gasteiger partial charge in [-0.2, -0.15) is 0 Å². The minimum absolute atomic E-state index is 0.0957. The highest BCUT2D eigenvalue weighted by Crippen LogP contribution is 2.33. The molecule has 0 amide bonds. The summed E-state index contributed by atoms with van der Waals surface area (Å²) >= 11 is 17.5. The van der Waals surface area contributed by atoms with E-state index >= 15 is 0 Å². The van der Waals surface area contributed by atoms with Gasteiger partial charge in [0.15, 0.2) is 0 Å².